The van der Waals surface area contributed by atoms with Gasteiger partial charge in [0.25, 0.3) is 0 Å². The van der Waals surface area contributed by atoms with Gasteiger partial charge in [-0.05, 0) is 35.4 Å². The summed E-state index contributed by atoms with van der Waals surface area (Å²) in [6, 6.07) is 10.3. The molecule has 1 aliphatic rings. The molecule has 1 aliphatic heterocycles. The van der Waals surface area contributed by atoms with Crippen molar-refractivity contribution in [3.63, 3.8) is 0 Å². The molecular weight excluding hydrogens is 267 g/mol. The first-order valence-corrected chi connectivity index (χ1v) is 6.56. The van der Waals surface area contributed by atoms with Crippen molar-refractivity contribution in [1.29, 1.82) is 0 Å². The number of halogens is 2. The first-order chi connectivity index (χ1) is 9.28. The highest BCUT2D eigenvalue weighted by Gasteiger charge is 2.14. The number of alkyl halides is 1. The van der Waals surface area contributed by atoms with Gasteiger partial charge in [0.2, 0.25) is 0 Å². The van der Waals surface area contributed by atoms with E-state index in [1.54, 1.807) is 24.3 Å². The Balaban J connectivity index is 2.06. The van der Waals surface area contributed by atoms with Gasteiger partial charge in [-0.25, -0.2) is 4.39 Å². The Bertz CT molecular complexity index is 613. The molecule has 19 heavy (non-hydrogen) atoms. The highest BCUT2D eigenvalue weighted by molar-refractivity contribution is 6.17. The number of hydrogen-bond donors (Lipinski definition) is 0. The minimum Gasteiger partial charge on any atom is -0.486 e. The first kappa shape index (κ1) is 12.3. The molecule has 0 aromatic heterocycles. The van der Waals surface area contributed by atoms with Gasteiger partial charge in [0, 0.05) is 11.4 Å². The highest BCUT2D eigenvalue weighted by Crippen LogP contribution is 2.35. The molecule has 0 saturated heterocycles. The van der Waals surface area contributed by atoms with E-state index in [2.05, 4.69) is 0 Å². The summed E-state index contributed by atoms with van der Waals surface area (Å²) in [5.74, 6) is 1.44. The molecule has 0 bridgehead atoms. The number of rotatable bonds is 2. The van der Waals surface area contributed by atoms with Crippen LogP contribution in [0.4, 0.5) is 4.39 Å². The number of benzene rings is 2. The van der Waals surface area contributed by atoms with Gasteiger partial charge in [0.05, 0.1) is 0 Å². The van der Waals surface area contributed by atoms with Crippen LogP contribution in [0.15, 0.2) is 36.4 Å². The van der Waals surface area contributed by atoms with E-state index in [9.17, 15) is 4.39 Å². The molecule has 2 nitrogen and oxygen atoms in total. The van der Waals surface area contributed by atoms with Crippen LogP contribution >= 0.6 is 11.6 Å². The predicted octanol–water partition coefficient (Wildman–Crippen LogP) is 4.00. The summed E-state index contributed by atoms with van der Waals surface area (Å²) < 4.78 is 24.9. The standard InChI is InChI=1S/C15H12ClFO2/c16-9-10-1-3-13(17)12(7-10)11-2-4-14-15(8-11)19-6-5-18-14/h1-4,7-8H,5-6,9H2. The zero-order valence-electron chi connectivity index (χ0n) is 10.2. The van der Waals surface area contributed by atoms with Crippen LogP contribution in [-0.4, -0.2) is 13.2 Å². The third-order valence-electron chi connectivity index (χ3n) is 3.04. The molecule has 2 aromatic rings. The molecule has 0 spiro atoms. The number of ether oxygens (including phenoxy) is 2. The summed E-state index contributed by atoms with van der Waals surface area (Å²) in [5, 5.41) is 0. The first-order valence-electron chi connectivity index (χ1n) is 6.02. The molecule has 1 heterocycles. The smallest absolute Gasteiger partial charge is 0.161 e. The third kappa shape index (κ3) is 2.38. The second kappa shape index (κ2) is 5.10. The molecule has 2 aromatic carbocycles. The Morgan fingerprint density at radius 3 is 2.58 bits per heavy atom. The molecular formula is C15H12ClFO2. The lowest BCUT2D eigenvalue weighted by molar-refractivity contribution is 0.171. The fourth-order valence-corrected chi connectivity index (χ4v) is 2.25. The highest BCUT2D eigenvalue weighted by atomic mass is 35.5. The number of fused-ring (bicyclic) bond motifs is 1. The lowest BCUT2D eigenvalue weighted by Gasteiger charge is -2.19. The van der Waals surface area contributed by atoms with E-state index in [1.165, 1.54) is 6.07 Å². The maximum atomic E-state index is 13.9. The van der Waals surface area contributed by atoms with Crippen molar-refractivity contribution in [3.05, 3.63) is 47.8 Å². The summed E-state index contributed by atoms with van der Waals surface area (Å²) in [5.41, 5.74) is 2.16. The molecule has 0 atom stereocenters. The van der Waals surface area contributed by atoms with Crippen LogP contribution in [0.3, 0.4) is 0 Å². The molecule has 0 fully saturated rings. The van der Waals surface area contributed by atoms with Gasteiger partial charge < -0.3 is 9.47 Å². The minimum absolute atomic E-state index is 0.273. The van der Waals surface area contributed by atoms with Gasteiger partial charge >= 0.3 is 0 Å². The lowest BCUT2D eigenvalue weighted by atomic mass is 10.0. The van der Waals surface area contributed by atoms with Crippen molar-refractivity contribution >= 4 is 11.6 Å². The Labute approximate surface area is 115 Å². The number of hydrogen-bond acceptors (Lipinski definition) is 2. The Morgan fingerprint density at radius 1 is 1.00 bits per heavy atom. The average Bonchev–Trinajstić information content (AvgIpc) is 2.47. The van der Waals surface area contributed by atoms with Crippen molar-refractivity contribution in [3.8, 4) is 22.6 Å². The van der Waals surface area contributed by atoms with Crippen LogP contribution in [0, 0.1) is 5.82 Å². The minimum atomic E-state index is -0.273. The predicted molar refractivity (Wildman–Crippen MR) is 72.4 cm³/mol. The van der Waals surface area contributed by atoms with Crippen LogP contribution in [0.2, 0.25) is 0 Å². The van der Waals surface area contributed by atoms with Gasteiger partial charge in [-0.2, -0.15) is 0 Å². The molecule has 4 heteroatoms. The molecule has 98 valence electrons. The van der Waals surface area contributed by atoms with E-state index in [-0.39, 0.29) is 5.82 Å². The fourth-order valence-electron chi connectivity index (χ4n) is 2.09. The molecule has 0 radical (unpaired) electrons. The molecule has 0 N–H and O–H groups in total. The van der Waals surface area contributed by atoms with E-state index in [0.29, 0.717) is 36.2 Å². The van der Waals surface area contributed by atoms with E-state index >= 15 is 0 Å². The molecule has 3 rings (SSSR count). The maximum Gasteiger partial charge on any atom is 0.161 e. The third-order valence-corrected chi connectivity index (χ3v) is 3.35. The van der Waals surface area contributed by atoms with E-state index in [1.807, 2.05) is 6.07 Å². The van der Waals surface area contributed by atoms with Crippen LogP contribution in [-0.2, 0) is 5.88 Å². The van der Waals surface area contributed by atoms with Gasteiger partial charge in [-0.15, -0.1) is 11.6 Å². The summed E-state index contributed by atoms with van der Waals surface area (Å²) in [7, 11) is 0. The topological polar surface area (TPSA) is 18.5 Å². The van der Waals surface area contributed by atoms with Crippen molar-refractivity contribution in [2.24, 2.45) is 0 Å². The monoisotopic (exact) mass is 278 g/mol. The second-order valence-electron chi connectivity index (χ2n) is 4.31. The summed E-state index contributed by atoms with van der Waals surface area (Å²) >= 11 is 5.79. The molecule has 0 amide bonds. The van der Waals surface area contributed by atoms with Gasteiger partial charge in [0.1, 0.15) is 19.0 Å². The second-order valence-corrected chi connectivity index (χ2v) is 4.57. The Morgan fingerprint density at radius 2 is 1.79 bits per heavy atom. The van der Waals surface area contributed by atoms with Gasteiger partial charge in [-0.1, -0.05) is 12.1 Å². The molecule has 0 saturated carbocycles. The zero-order chi connectivity index (χ0) is 13.2. The normalized spacial score (nSPS) is 13.4. The summed E-state index contributed by atoms with van der Waals surface area (Å²) in [6.07, 6.45) is 0. The Kier molecular flexibility index (Phi) is 3.30. The van der Waals surface area contributed by atoms with Crippen LogP contribution in [0.5, 0.6) is 11.5 Å². The summed E-state index contributed by atoms with van der Waals surface area (Å²) in [4.78, 5) is 0. The van der Waals surface area contributed by atoms with E-state index in [0.717, 1.165) is 11.1 Å². The maximum absolute atomic E-state index is 13.9. The largest absolute Gasteiger partial charge is 0.486 e. The van der Waals surface area contributed by atoms with Crippen LogP contribution in [0.25, 0.3) is 11.1 Å². The lowest BCUT2D eigenvalue weighted by Crippen LogP contribution is -2.15. The quantitative estimate of drug-likeness (QED) is 0.773. The van der Waals surface area contributed by atoms with Gasteiger partial charge in [0.15, 0.2) is 11.5 Å². The summed E-state index contributed by atoms with van der Waals surface area (Å²) in [6.45, 7) is 1.06. The molecule has 0 unspecified atom stereocenters. The fraction of sp³-hybridized carbons (Fsp3) is 0.200. The van der Waals surface area contributed by atoms with Crippen molar-refractivity contribution in [2.45, 2.75) is 5.88 Å². The van der Waals surface area contributed by atoms with E-state index in [4.69, 9.17) is 21.1 Å². The van der Waals surface area contributed by atoms with Crippen LogP contribution in [0.1, 0.15) is 5.56 Å². The van der Waals surface area contributed by atoms with E-state index < -0.39 is 0 Å². The molecule has 0 aliphatic carbocycles. The van der Waals surface area contributed by atoms with Gasteiger partial charge in [-0.3, -0.25) is 0 Å². The van der Waals surface area contributed by atoms with Crippen molar-refractivity contribution < 1.29 is 13.9 Å². The Hall–Kier alpha value is -1.74. The zero-order valence-corrected chi connectivity index (χ0v) is 10.9. The van der Waals surface area contributed by atoms with Crippen molar-refractivity contribution in [1.82, 2.24) is 0 Å². The SMILES string of the molecule is Fc1ccc(CCl)cc1-c1ccc2c(c1)OCCO2. The average molecular weight is 279 g/mol. The van der Waals surface area contributed by atoms with Crippen LogP contribution < -0.4 is 9.47 Å². The van der Waals surface area contributed by atoms with Crippen molar-refractivity contribution in [2.75, 3.05) is 13.2 Å².